The highest BCUT2D eigenvalue weighted by atomic mass is 19.4. The molecule has 0 aliphatic rings. The molecule has 1 aromatic rings. The summed E-state index contributed by atoms with van der Waals surface area (Å²) in [6.07, 6.45) is -4.83. The van der Waals surface area contributed by atoms with Crippen LogP contribution in [0.1, 0.15) is 26.3 Å². The smallest absolute Gasteiger partial charge is 0.359 e. The van der Waals surface area contributed by atoms with Gasteiger partial charge in [0.25, 0.3) is 0 Å². The van der Waals surface area contributed by atoms with Gasteiger partial charge >= 0.3 is 6.18 Å². The van der Waals surface area contributed by atoms with E-state index in [1.54, 1.807) is 0 Å². The third kappa shape index (κ3) is 8.36. The molecule has 0 spiro atoms. The van der Waals surface area contributed by atoms with Gasteiger partial charge in [0.2, 0.25) is 5.91 Å². The van der Waals surface area contributed by atoms with E-state index < -0.39 is 24.8 Å². The molecule has 1 amide bonds. The number of nitrogens with zero attached hydrogens (tertiary/aromatic N) is 1. The molecule has 0 saturated heterocycles. The molecule has 0 aliphatic heterocycles. The first-order valence-electron chi connectivity index (χ1n) is 8.50. The van der Waals surface area contributed by atoms with Crippen molar-refractivity contribution in [3.8, 4) is 0 Å². The fraction of sp³-hybridized carbons (Fsp3) is 0.611. The van der Waals surface area contributed by atoms with Crippen molar-refractivity contribution in [2.24, 2.45) is 0 Å². The van der Waals surface area contributed by atoms with Crippen molar-refractivity contribution in [1.29, 1.82) is 0 Å². The van der Waals surface area contributed by atoms with Crippen LogP contribution in [-0.2, 0) is 16.0 Å². The Morgan fingerprint density at radius 1 is 1.20 bits per heavy atom. The van der Waals surface area contributed by atoms with E-state index in [9.17, 15) is 18.0 Å². The molecular weight excluding hydrogens is 333 g/mol. The zero-order valence-electron chi connectivity index (χ0n) is 15.0. The van der Waals surface area contributed by atoms with E-state index in [0.717, 1.165) is 25.1 Å². The van der Waals surface area contributed by atoms with E-state index in [1.165, 1.54) is 6.92 Å². The number of rotatable bonds is 10. The number of nitrogens with one attached hydrogen (secondary N) is 1. The summed E-state index contributed by atoms with van der Waals surface area (Å²) in [4.78, 5) is 14.2. The van der Waals surface area contributed by atoms with Gasteiger partial charge in [-0.05, 0) is 32.0 Å². The summed E-state index contributed by atoms with van der Waals surface area (Å²) in [5, 5.41) is 2.72. The monoisotopic (exact) mass is 360 g/mol. The minimum atomic E-state index is -4.44. The Balaban J connectivity index is 2.60. The average Bonchev–Trinajstić information content (AvgIpc) is 2.58. The summed E-state index contributed by atoms with van der Waals surface area (Å²) in [5.74, 6) is -0.533. The van der Waals surface area contributed by atoms with Crippen LogP contribution >= 0.6 is 0 Å². The Bertz CT molecular complexity index is 505. The Labute approximate surface area is 147 Å². The van der Waals surface area contributed by atoms with Gasteiger partial charge in [-0.3, -0.25) is 9.69 Å². The van der Waals surface area contributed by atoms with Crippen molar-refractivity contribution in [3.63, 3.8) is 0 Å². The van der Waals surface area contributed by atoms with Crippen LogP contribution in [0.4, 0.5) is 13.2 Å². The third-order valence-corrected chi connectivity index (χ3v) is 4.02. The molecule has 0 unspecified atom stereocenters. The van der Waals surface area contributed by atoms with Gasteiger partial charge in [0.1, 0.15) is 12.7 Å². The molecular formula is C18H27F3N2O2. The molecule has 2 atom stereocenters. The van der Waals surface area contributed by atoms with Crippen LogP contribution in [0.5, 0.6) is 0 Å². The number of carbonyl (C=O) groups is 1. The maximum atomic E-state index is 12.2. The van der Waals surface area contributed by atoms with Crippen molar-refractivity contribution in [2.75, 3.05) is 26.2 Å². The fourth-order valence-electron chi connectivity index (χ4n) is 2.61. The second-order valence-electron chi connectivity index (χ2n) is 5.88. The predicted molar refractivity (Wildman–Crippen MR) is 91.3 cm³/mol. The van der Waals surface area contributed by atoms with Crippen LogP contribution in [0.2, 0.25) is 0 Å². The lowest BCUT2D eigenvalue weighted by Crippen LogP contribution is -2.47. The van der Waals surface area contributed by atoms with Gasteiger partial charge in [0.05, 0.1) is 0 Å². The topological polar surface area (TPSA) is 41.6 Å². The molecule has 1 N–H and O–H groups in total. The molecule has 0 aromatic heterocycles. The van der Waals surface area contributed by atoms with E-state index in [0.29, 0.717) is 6.54 Å². The summed E-state index contributed by atoms with van der Waals surface area (Å²) in [6.45, 7) is 5.98. The number of likely N-dealkylation sites (N-methyl/N-ethyl adjacent to an activating group) is 1. The van der Waals surface area contributed by atoms with E-state index in [2.05, 4.69) is 15.0 Å². The number of hydrogen-bond acceptors (Lipinski definition) is 3. The standard InChI is InChI=1S/C18H27F3N2O2/c1-4-23(5-2)16(11-15-9-7-6-8-10-15)12-22-17(24)14(3)25-13-18(19,20)21/h6-10,14,16H,4-5,11-13H2,1-3H3,(H,22,24)/t14-,16-/m1/s1. The minimum Gasteiger partial charge on any atom is -0.359 e. The van der Waals surface area contributed by atoms with Gasteiger partial charge in [0, 0.05) is 12.6 Å². The van der Waals surface area contributed by atoms with Gasteiger partial charge in [-0.1, -0.05) is 44.2 Å². The second-order valence-corrected chi connectivity index (χ2v) is 5.88. The van der Waals surface area contributed by atoms with E-state index in [-0.39, 0.29) is 6.04 Å². The second kappa shape index (κ2) is 10.4. The van der Waals surface area contributed by atoms with Crippen LogP contribution in [-0.4, -0.2) is 55.4 Å². The molecule has 1 aromatic carbocycles. The molecule has 0 fully saturated rings. The highest BCUT2D eigenvalue weighted by Gasteiger charge is 2.30. The van der Waals surface area contributed by atoms with Crippen molar-refractivity contribution >= 4 is 5.91 Å². The van der Waals surface area contributed by atoms with Gasteiger partial charge in [-0.2, -0.15) is 13.2 Å². The number of halogens is 3. The molecule has 25 heavy (non-hydrogen) atoms. The van der Waals surface area contributed by atoms with Crippen molar-refractivity contribution in [1.82, 2.24) is 10.2 Å². The highest BCUT2D eigenvalue weighted by Crippen LogP contribution is 2.15. The summed E-state index contributed by atoms with van der Waals surface area (Å²) >= 11 is 0. The molecule has 0 aliphatic carbocycles. The lowest BCUT2D eigenvalue weighted by molar-refractivity contribution is -0.185. The molecule has 142 valence electrons. The van der Waals surface area contributed by atoms with Crippen LogP contribution in [0, 0.1) is 0 Å². The number of benzene rings is 1. The summed E-state index contributed by atoms with van der Waals surface area (Å²) < 4.78 is 41.1. The predicted octanol–water partition coefficient (Wildman–Crippen LogP) is 3.02. The van der Waals surface area contributed by atoms with Crippen molar-refractivity contribution in [2.45, 2.75) is 45.5 Å². The largest absolute Gasteiger partial charge is 0.411 e. The number of hydrogen-bond donors (Lipinski definition) is 1. The first-order valence-corrected chi connectivity index (χ1v) is 8.50. The Kier molecular flexibility index (Phi) is 8.92. The van der Waals surface area contributed by atoms with Gasteiger partial charge < -0.3 is 10.1 Å². The zero-order valence-corrected chi connectivity index (χ0v) is 15.0. The SMILES string of the molecule is CCN(CC)[C@@H](CNC(=O)[C@@H](C)OCC(F)(F)F)Cc1ccccc1. The Hall–Kier alpha value is -1.60. The van der Waals surface area contributed by atoms with Gasteiger partial charge in [0.15, 0.2) is 0 Å². The molecule has 4 nitrogen and oxygen atoms in total. The number of carbonyl (C=O) groups excluding carboxylic acids is 1. The van der Waals surface area contributed by atoms with Crippen molar-refractivity contribution < 1.29 is 22.7 Å². The molecule has 1 rings (SSSR count). The van der Waals surface area contributed by atoms with Crippen LogP contribution in [0.15, 0.2) is 30.3 Å². The molecule has 0 saturated carbocycles. The van der Waals surface area contributed by atoms with Crippen LogP contribution in [0.25, 0.3) is 0 Å². The first-order chi connectivity index (χ1) is 11.8. The normalized spacial score (nSPS) is 14.4. The van der Waals surface area contributed by atoms with Crippen molar-refractivity contribution in [3.05, 3.63) is 35.9 Å². The number of ether oxygens (including phenoxy) is 1. The maximum absolute atomic E-state index is 12.2. The maximum Gasteiger partial charge on any atom is 0.411 e. The summed E-state index contributed by atoms with van der Waals surface area (Å²) in [7, 11) is 0. The Morgan fingerprint density at radius 2 is 1.80 bits per heavy atom. The quantitative estimate of drug-likeness (QED) is 0.697. The number of amides is 1. The lowest BCUT2D eigenvalue weighted by atomic mass is 10.0. The Morgan fingerprint density at radius 3 is 2.32 bits per heavy atom. The van der Waals surface area contributed by atoms with E-state index >= 15 is 0 Å². The van der Waals surface area contributed by atoms with Gasteiger partial charge in [-0.25, -0.2) is 0 Å². The van der Waals surface area contributed by atoms with E-state index in [4.69, 9.17) is 0 Å². The summed E-state index contributed by atoms with van der Waals surface area (Å²) in [6, 6.07) is 9.97. The van der Waals surface area contributed by atoms with E-state index in [1.807, 2.05) is 44.2 Å². The minimum absolute atomic E-state index is 0.0659. The fourth-order valence-corrected chi connectivity index (χ4v) is 2.61. The van der Waals surface area contributed by atoms with Gasteiger partial charge in [-0.15, -0.1) is 0 Å². The third-order valence-electron chi connectivity index (χ3n) is 4.02. The summed E-state index contributed by atoms with van der Waals surface area (Å²) in [5.41, 5.74) is 1.15. The highest BCUT2D eigenvalue weighted by molar-refractivity contribution is 5.80. The molecule has 0 bridgehead atoms. The molecule has 0 heterocycles. The molecule has 7 heteroatoms. The molecule has 0 radical (unpaired) electrons. The lowest BCUT2D eigenvalue weighted by Gasteiger charge is -2.30. The first kappa shape index (κ1) is 21.4. The number of alkyl halides is 3. The van der Waals surface area contributed by atoms with Crippen LogP contribution < -0.4 is 5.32 Å². The average molecular weight is 360 g/mol. The van der Waals surface area contributed by atoms with Crippen LogP contribution in [0.3, 0.4) is 0 Å². The zero-order chi connectivity index (χ0) is 18.9.